The first-order valence-electron chi connectivity index (χ1n) is 7.85. The van der Waals surface area contributed by atoms with E-state index in [1.165, 1.54) is 6.42 Å². The Balaban J connectivity index is 2.14. The topological polar surface area (TPSA) is 46.3 Å². The van der Waals surface area contributed by atoms with Crippen molar-refractivity contribution >= 4 is 17.5 Å². The zero-order valence-electron chi connectivity index (χ0n) is 12.8. The Bertz CT molecular complexity index is 483. The first kappa shape index (κ1) is 16.3. The van der Waals surface area contributed by atoms with Crippen LogP contribution in [0.3, 0.4) is 0 Å². The van der Waals surface area contributed by atoms with Crippen molar-refractivity contribution in [1.82, 2.24) is 4.90 Å². The highest BCUT2D eigenvalue weighted by molar-refractivity contribution is 6.30. The Morgan fingerprint density at radius 1 is 1.33 bits per heavy atom. The number of nitrogens with two attached hydrogens (primary N) is 1. The van der Waals surface area contributed by atoms with Crippen LogP contribution in [0.15, 0.2) is 24.3 Å². The largest absolute Gasteiger partial charge is 0.338 e. The molecule has 0 radical (unpaired) electrons. The molecule has 116 valence electrons. The number of rotatable bonds is 5. The average molecular weight is 309 g/mol. The summed E-state index contributed by atoms with van der Waals surface area (Å²) in [6.45, 7) is 3.79. The predicted molar refractivity (Wildman–Crippen MR) is 87.1 cm³/mol. The highest BCUT2D eigenvalue weighted by atomic mass is 35.5. The van der Waals surface area contributed by atoms with Crippen LogP contribution in [0.2, 0.25) is 5.02 Å². The Morgan fingerprint density at radius 3 is 2.62 bits per heavy atom. The predicted octanol–water partition coefficient (Wildman–Crippen LogP) is 3.60. The molecule has 0 spiro atoms. The minimum Gasteiger partial charge on any atom is -0.338 e. The third-order valence-corrected chi connectivity index (χ3v) is 4.82. The fourth-order valence-electron chi connectivity index (χ4n) is 3.25. The molecule has 1 saturated carbocycles. The van der Waals surface area contributed by atoms with Crippen LogP contribution in [-0.2, 0) is 11.3 Å². The third-order valence-electron chi connectivity index (χ3n) is 4.59. The van der Waals surface area contributed by atoms with Gasteiger partial charge in [-0.3, -0.25) is 4.79 Å². The molecule has 1 fully saturated rings. The Kier molecular flexibility index (Phi) is 5.65. The summed E-state index contributed by atoms with van der Waals surface area (Å²) in [7, 11) is 0. The summed E-state index contributed by atoms with van der Waals surface area (Å²) >= 11 is 6.03. The number of hydrogen-bond acceptors (Lipinski definition) is 2. The molecule has 2 N–H and O–H groups in total. The van der Waals surface area contributed by atoms with Crippen molar-refractivity contribution in [2.45, 2.75) is 45.6 Å². The second-order valence-corrected chi connectivity index (χ2v) is 6.43. The Hall–Kier alpha value is -1.06. The minimum atomic E-state index is -0.340. The monoisotopic (exact) mass is 308 g/mol. The van der Waals surface area contributed by atoms with Crippen molar-refractivity contribution in [2.75, 3.05) is 13.1 Å². The fraction of sp³-hybridized carbons (Fsp3) is 0.588. The molecule has 0 saturated heterocycles. The van der Waals surface area contributed by atoms with Crippen molar-refractivity contribution in [3.63, 3.8) is 0 Å². The lowest BCUT2D eigenvalue weighted by Crippen LogP contribution is -2.48. The van der Waals surface area contributed by atoms with E-state index < -0.39 is 0 Å². The van der Waals surface area contributed by atoms with Gasteiger partial charge < -0.3 is 10.6 Å². The summed E-state index contributed by atoms with van der Waals surface area (Å²) in [5, 5.41) is 0.710. The van der Waals surface area contributed by atoms with Gasteiger partial charge in [0.15, 0.2) is 0 Å². The summed E-state index contributed by atoms with van der Waals surface area (Å²) in [5.74, 6) is 0.215. The summed E-state index contributed by atoms with van der Waals surface area (Å²) in [5.41, 5.74) is 6.71. The number of amides is 1. The van der Waals surface area contributed by atoms with Gasteiger partial charge in [-0.2, -0.15) is 0 Å². The summed E-state index contributed by atoms with van der Waals surface area (Å²) in [6, 6.07) is 7.71. The number of benzene rings is 1. The maximum atomic E-state index is 13.0. The highest BCUT2D eigenvalue weighted by Crippen LogP contribution is 2.37. The maximum Gasteiger partial charge on any atom is 0.230 e. The molecule has 3 nitrogen and oxygen atoms in total. The molecule has 1 aromatic rings. The van der Waals surface area contributed by atoms with Crippen molar-refractivity contribution in [2.24, 2.45) is 11.1 Å². The van der Waals surface area contributed by atoms with E-state index in [-0.39, 0.29) is 11.3 Å². The lowest BCUT2D eigenvalue weighted by molar-refractivity contribution is -0.144. The SMILES string of the molecule is CCN(Cc1cccc(Cl)c1)C(=O)C1(CN)CCCCC1. The van der Waals surface area contributed by atoms with Gasteiger partial charge in [0.05, 0.1) is 5.41 Å². The average Bonchev–Trinajstić information content (AvgIpc) is 2.52. The van der Waals surface area contributed by atoms with Gasteiger partial charge in [0.25, 0.3) is 0 Å². The summed E-state index contributed by atoms with van der Waals surface area (Å²) < 4.78 is 0. The minimum absolute atomic E-state index is 0.215. The van der Waals surface area contributed by atoms with Crippen LogP contribution in [0.1, 0.15) is 44.6 Å². The van der Waals surface area contributed by atoms with Crippen LogP contribution in [0.4, 0.5) is 0 Å². The molecule has 1 aromatic carbocycles. The van der Waals surface area contributed by atoms with Crippen LogP contribution in [0.5, 0.6) is 0 Å². The molecular formula is C17H25ClN2O. The van der Waals surface area contributed by atoms with Gasteiger partial charge in [0.1, 0.15) is 0 Å². The molecule has 0 aromatic heterocycles. The van der Waals surface area contributed by atoms with Crippen LogP contribution in [0.25, 0.3) is 0 Å². The maximum absolute atomic E-state index is 13.0. The lowest BCUT2D eigenvalue weighted by Gasteiger charge is -2.38. The molecule has 2 rings (SSSR count). The van der Waals surface area contributed by atoms with E-state index in [4.69, 9.17) is 17.3 Å². The highest BCUT2D eigenvalue weighted by Gasteiger charge is 2.40. The lowest BCUT2D eigenvalue weighted by atomic mass is 9.73. The zero-order chi connectivity index (χ0) is 15.3. The van der Waals surface area contributed by atoms with Crippen LogP contribution < -0.4 is 5.73 Å². The van der Waals surface area contributed by atoms with Crippen LogP contribution in [-0.4, -0.2) is 23.9 Å². The van der Waals surface area contributed by atoms with E-state index in [2.05, 4.69) is 0 Å². The number of hydrogen-bond donors (Lipinski definition) is 1. The van der Waals surface area contributed by atoms with Gasteiger partial charge in [0, 0.05) is 24.7 Å². The number of halogens is 1. The molecule has 4 heteroatoms. The van der Waals surface area contributed by atoms with Crippen molar-refractivity contribution in [3.8, 4) is 0 Å². The van der Waals surface area contributed by atoms with E-state index in [1.807, 2.05) is 36.1 Å². The normalized spacial score (nSPS) is 17.5. The first-order valence-corrected chi connectivity index (χ1v) is 8.23. The molecule has 0 aliphatic heterocycles. The molecule has 0 atom stereocenters. The van der Waals surface area contributed by atoms with E-state index in [0.717, 1.165) is 31.2 Å². The number of carbonyl (C=O) groups is 1. The molecule has 0 unspecified atom stereocenters. The van der Waals surface area contributed by atoms with Crippen LogP contribution >= 0.6 is 11.6 Å². The number of carbonyl (C=O) groups excluding carboxylic acids is 1. The van der Waals surface area contributed by atoms with Crippen molar-refractivity contribution < 1.29 is 4.79 Å². The number of nitrogens with zero attached hydrogens (tertiary/aromatic N) is 1. The van der Waals surface area contributed by atoms with E-state index in [0.29, 0.717) is 24.7 Å². The van der Waals surface area contributed by atoms with Gasteiger partial charge in [0.2, 0.25) is 5.91 Å². The van der Waals surface area contributed by atoms with Crippen molar-refractivity contribution in [1.29, 1.82) is 0 Å². The van der Waals surface area contributed by atoms with Gasteiger partial charge in [-0.05, 0) is 37.5 Å². The molecule has 1 aliphatic carbocycles. The molecule has 1 amide bonds. The van der Waals surface area contributed by atoms with E-state index in [1.54, 1.807) is 0 Å². The summed E-state index contributed by atoms with van der Waals surface area (Å²) in [6.07, 6.45) is 5.29. The summed E-state index contributed by atoms with van der Waals surface area (Å²) in [4.78, 5) is 14.9. The first-order chi connectivity index (χ1) is 10.1. The standard InChI is InChI=1S/C17H25ClN2O/c1-2-20(12-14-7-6-8-15(18)11-14)16(21)17(13-19)9-4-3-5-10-17/h6-8,11H,2-5,9-10,12-13,19H2,1H3. The van der Waals surface area contributed by atoms with Gasteiger partial charge in [-0.15, -0.1) is 0 Å². The molecule has 0 heterocycles. The molecular weight excluding hydrogens is 284 g/mol. The van der Waals surface area contributed by atoms with Gasteiger partial charge in [-0.25, -0.2) is 0 Å². The quantitative estimate of drug-likeness (QED) is 0.903. The Labute approximate surface area is 132 Å². The smallest absolute Gasteiger partial charge is 0.230 e. The van der Waals surface area contributed by atoms with Gasteiger partial charge >= 0.3 is 0 Å². The fourth-order valence-corrected chi connectivity index (χ4v) is 3.47. The van der Waals surface area contributed by atoms with Crippen LogP contribution in [0, 0.1) is 5.41 Å². The second-order valence-electron chi connectivity index (χ2n) is 5.99. The molecule has 21 heavy (non-hydrogen) atoms. The molecule has 0 bridgehead atoms. The van der Waals surface area contributed by atoms with Gasteiger partial charge in [-0.1, -0.05) is 43.0 Å². The van der Waals surface area contributed by atoms with Crippen molar-refractivity contribution in [3.05, 3.63) is 34.9 Å². The second kappa shape index (κ2) is 7.28. The molecule has 1 aliphatic rings. The third kappa shape index (κ3) is 3.78. The zero-order valence-corrected chi connectivity index (χ0v) is 13.5. The van der Waals surface area contributed by atoms with E-state index >= 15 is 0 Å². The Morgan fingerprint density at radius 2 is 2.05 bits per heavy atom. The van der Waals surface area contributed by atoms with E-state index in [9.17, 15) is 4.79 Å².